The Bertz CT molecular complexity index is 617. The summed E-state index contributed by atoms with van der Waals surface area (Å²) in [6, 6.07) is 5.78. The number of quaternary nitrogens is 1. The van der Waals surface area contributed by atoms with Gasteiger partial charge in [0.05, 0.1) is 31.1 Å². The molecular weight excluding hydrogens is 486 g/mol. The van der Waals surface area contributed by atoms with Crippen LogP contribution in [-0.4, -0.2) is 49.0 Å². The van der Waals surface area contributed by atoms with E-state index in [2.05, 4.69) is 36.7 Å². The lowest BCUT2D eigenvalue weighted by Gasteiger charge is -2.39. The maximum Gasteiger partial charge on any atom is 0.124 e. The zero-order chi connectivity index (χ0) is 24.3. The third-order valence-electron chi connectivity index (χ3n) is 6.03. The molecule has 0 heterocycles. The molecule has 0 atom stereocenters. The molecule has 0 fully saturated rings. The fourth-order valence-electron chi connectivity index (χ4n) is 4.01. The van der Waals surface area contributed by atoms with Gasteiger partial charge in [-0.25, -0.2) is 8.42 Å². The van der Waals surface area contributed by atoms with Crippen molar-refractivity contribution in [2.75, 3.05) is 31.5 Å². The van der Waals surface area contributed by atoms with E-state index in [9.17, 15) is 13.0 Å². The number of hydrogen-bond acceptors (Lipinski definition) is 3. The minimum absolute atomic E-state index is 0.178. The van der Waals surface area contributed by atoms with Crippen LogP contribution in [0, 0.1) is 6.92 Å². The second-order valence-corrected chi connectivity index (χ2v) is 11.2. The minimum Gasteiger partial charge on any atom is -0.744 e. The van der Waals surface area contributed by atoms with Crippen LogP contribution >= 0.6 is 15.9 Å². The topological polar surface area (TPSA) is 57.2 Å². The summed E-state index contributed by atoms with van der Waals surface area (Å²) in [5.41, 5.74) is 0.928. The quantitative estimate of drug-likeness (QED) is 0.0903. The molecule has 0 aliphatic rings. The van der Waals surface area contributed by atoms with Crippen LogP contribution in [0.5, 0.6) is 0 Å². The van der Waals surface area contributed by atoms with Crippen LogP contribution < -0.4 is 0 Å². The number of rotatable bonds is 17. The van der Waals surface area contributed by atoms with Gasteiger partial charge in [0.15, 0.2) is 0 Å². The van der Waals surface area contributed by atoms with Crippen LogP contribution in [0.2, 0.25) is 0 Å². The number of aryl methyl sites for hydroxylation is 1. The van der Waals surface area contributed by atoms with E-state index in [1.165, 1.54) is 119 Å². The Hall–Kier alpha value is -0.430. The predicted octanol–water partition coefficient (Wildman–Crippen LogP) is 7.45. The third-order valence-corrected chi connectivity index (χ3v) is 7.44. The average molecular weight is 535 g/mol. The predicted molar refractivity (Wildman–Crippen MR) is 140 cm³/mol. The maximum absolute atomic E-state index is 10.4. The largest absolute Gasteiger partial charge is 0.744 e. The standard InChI is InChI=1S/C19H41BrN.C7H8O3S/c1-4-7-11-16-21(17-12-8-5-2,18-13-9-6-3)19-14-10-15-20;1-6-2-4-7(5-3-6)11(8,9)10/h4-19H2,1-3H3;2-5H,1H3,(H,8,9,10)/q+1;/p-1. The highest BCUT2D eigenvalue weighted by Gasteiger charge is 2.25. The molecule has 0 spiro atoms. The SMILES string of the molecule is CCCCC[N+](CCCCC)(CCCCC)CCCCBr.Cc1ccc(S(=O)(=O)[O-])cc1. The highest BCUT2D eigenvalue weighted by atomic mass is 79.9. The van der Waals surface area contributed by atoms with E-state index in [0.717, 1.165) is 5.56 Å². The normalized spacial score (nSPS) is 11.8. The molecular formula is C26H48BrNO3S. The van der Waals surface area contributed by atoms with Gasteiger partial charge >= 0.3 is 0 Å². The molecule has 0 aromatic heterocycles. The molecule has 0 aliphatic heterocycles. The van der Waals surface area contributed by atoms with Gasteiger partial charge in [0.2, 0.25) is 0 Å². The van der Waals surface area contributed by atoms with Gasteiger partial charge in [-0.2, -0.15) is 0 Å². The number of nitrogens with zero attached hydrogens (tertiary/aromatic N) is 1. The number of unbranched alkanes of at least 4 members (excludes halogenated alkanes) is 7. The number of benzene rings is 1. The summed E-state index contributed by atoms with van der Waals surface area (Å²) in [5, 5.41) is 1.17. The van der Waals surface area contributed by atoms with Crippen LogP contribution in [0.25, 0.3) is 0 Å². The van der Waals surface area contributed by atoms with Crippen molar-refractivity contribution in [1.82, 2.24) is 0 Å². The molecule has 0 saturated carbocycles. The molecule has 0 amide bonds. The molecule has 4 nitrogen and oxygen atoms in total. The molecule has 0 aliphatic carbocycles. The van der Waals surface area contributed by atoms with Gasteiger partial charge in [-0.05, 0) is 70.4 Å². The van der Waals surface area contributed by atoms with E-state index in [-0.39, 0.29) is 4.90 Å². The average Bonchev–Trinajstić information content (AvgIpc) is 2.75. The van der Waals surface area contributed by atoms with Crippen molar-refractivity contribution in [2.45, 2.75) is 103 Å². The van der Waals surface area contributed by atoms with E-state index in [4.69, 9.17) is 0 Å². The van der Waals surface area contributed by atoms with Gasteiger partial charge in [0.25, 0.3) is 0 Å². The summed E-state index contributed by atoms with van der Waals surface area (Å²) in [4.78, 5) is -0.178. The van der Waals surface area contributed by atoms with Crippen LogP contribution in [-0.2, 0) is 10.1 Å². The van der Waals surface area contributed by atoms with E-state index in [1.807, 2.05) is 6.92 Å². The first-order valence-corrected chi connectivity index (χ1v) is 15.2. The fraction of sp³-hybridized carbons (Fsp3) is 0.769. The number of halogens is 1. The number of alkyl halides is 1. The molecule has 0 saturated heterocycles. The van der Waals surface area contributed by atoms with Crippen LogP contribution in [0.4, 0.5) is 0 Å². The van der Waals surface area contributed by atoms with Crippen molar-refractivity contribution in [1.29, 1.82) is 0 Å². The van der Waals surface area contributed by atoms with Crippen LogP contribution in [0.3, 0.4) is 0 Å². The zero-order valence-corrected chi connectivity index (χ0v) is 23.5. The molecule has 1 aromatic carbocycles. The Labute approximate surface area is 207 Å². The van der Waals surface area contributed by atoms with Gasteiger partial charge in [-0.15, -0.1) is 0 Å². The summed E-state index contributed by atoms with van der Waals surface area (Å²) in [6.45, 7) is 14.5. The van der Waals surface area contributed by atoms with Crippen LogP contribution in [0.15, 0.2) is 29.2 Å². The summed E-state index contributed by atoms with van der Waals surface area (Å²) >= 11 is 3.60. The van der Waals surface area contributed by atoms with E-state index in [1.54, 1.807) is 12.1 Å². The zero-order valence-electron chi connectivity index (χ0n) is 21.1. The molecule has 32 heavy (non-hydrogen) atoms. The Morgan fingerprint density at radius 2 is 1.09 bits per heavy atom. The third kappa shape index (κ3) is 15.4. The second kappa shape index (κ2) is 18.9. The summed E-state index contributed by atoms with van der Waals surface area (Å²) in [6.07, 6.45) is 15.3. The first-order valence-electron chi connectivity index (χ1n) is 12.7. The second-order valence-electron chi connectivity index (χ2n) is 9.02. The molecule has 0 unspecified atom stereocenters. The van der Waals surface area contributed by atoms with Gasteiger partial charge in [0.1, 0.15) is 10.1 Å². The molecule has 1 aromatic rings. The highest BCUT2D eigenvalue weighted by Crippen LogP contribution is 2.18. The molecule has 188 valence electrons. The lowest BCUT2D eigenvalue weighted by atomic mass is 10.1. The number of hydrogen-bond donors (Lipinski definition) is 0. The first-order chi connectivity index (χ1) is 15.2. The molecule has 6 heteroatoms. The lowest BCUT2D eigenvalue weighted by molar-refractivity contribution is -0.929. The van der Waals surface area contributed by atoms with Gasteiger partial charge in [-0.3, -0.25) is 0 Å². The molecule has 0 radical (unpaired) electrons. The van der Waals surface area contributed by atoms with Crippen molar-refractivity contribution in [2.24, 2.45) is 0 Å². The van der Waals surface area contributed by atoms with Crippen molar-refractivity contribution in [3.05, 3.63) is 29.8 Å². The lowest BCUT2D eigenvalue weighted by Crippen LogP contribution is -2.50. The Kier molecular flexibility index (Phi) is 18.7. The maximum atomic E-state index is 10.4. The Morgan fingerprint density at radius 3 is 1.41 bits per heavy atom. The first kappa shape index (κ1) is 31.6. The molecule has 1 rings (SSSR count). The van der Waals surface area contributed by atoms with Gasteiger partial charge < -0.3 is 9.04 Å². The highest BCUT2D eigenvalue weighted by molar-refractivity contribution is 9.09. The Balaban J connectivity index is 0.000000726. The van der Waals surface area contributed by atoms with E-state index < -0.39 is 10.1 Å². The van der Waals surface area contributed by atoms with Gasteiger partial charge in [0, 0.05) is 5.33 Å². The summed E-state index contributed by atoms with van der Waals surface area (Å²) in [7, 11) is -4.27. The van der Waals surface area contributed by atoms with Gasteiger partial charge in [-0.1, -0.05) is 73.7 Å². The van der Waals surface area contributed by atoms with Crippen LogP contribution in [0.1, 0.15) is 97.0 Å². The molecule has 0 N–H and O–H groups in total. The van der Waals surface area contributed by atoms with Crippen molar-refractivity contribution < 1.29 is 17.5 Å². The Morgan fingerprint density at radius 1 is 0.719 bits per heavy atom. The fourth-order valence-corrected chi connectivity index (χ4v) is 4.88. The van der Waals surface area contributed by atoms with Crippen molar-refractivity contribution >= 4 is 26.0 Å². The molecule has 0 bridgehead atoms. The summed E-state index contributed by atoms with van der Waals surface area (Å²) < 4.78 is 32.6. The van der Waals surface area contributed by atoms with Crippen molar-refractivity contribution in [3.63, 3.8) is 0 Å². The van der Waals surface area contributed by atoms with E-state index >= 15 is 0 Å². The van der Waals surface area contributed by atoms with E-state index in [0.29, 0.717) is 0 Å². The monoisotopic (exact) mass is 533 g/mol. The summed E-state index contributed by atoms with van der Waals surface area (Å²) in [5.74, 6) is 0. The van der Waals surface area contributed by atoms with Crippen molar-refractivity contribution in [3.8, 4) is 0 Å². The minimum atomic E-state index is -4.27. The smallest absolute Gasteiger partial charge is 0.124 e.